The number of nitrogens with zero attached hydrogens (tertiary/aromatic N) is 5. The lowest BCUT2D eigenvalue weighted by molar-refractivity contribution is -0.0278. The van der Waals surface area contributed by atoms with E-state index in [1.54, 1.807) is 23.5 Å². The van der Waals surface area contributed by atoms with Crippen LogP contribution in [0.25, 0.3) is 5.65 Å². The Morgan fingerprint density at radius 3 is 3.04 bits per heavy atom. The first kappa shape index (κ1) is 18.5. The zero-order valence-corrected chi connectivity index (χ0v) is 15.0. The van der Waals surface area contributed by atoms with E-state index in [-0.39, 0.29) is 24.3 Å². The van der Waals surface area contributed by atoms with Crippen molar-refractivity contribution in [2.45, 2.75) is 18.9 Å². The van der Waals surface area contributed by atoms with Gasteiger partial charge in [-0.15, -0.1) is 0 Å². The first-order valence-corrected chi connectivity index (χ1v) is 9.02. The number of carbonyl (C=O) groups excluding carboxylic acids is 1. The maximum Gasteiger partial charge on any atom is 0.273 e. The van der Waals surface area contributed by atoms with Gasteiger partial charge in [0.1, 0.15) is 17.2 Å². The molecule has 0 saturated carbocycles. The molecule has 3 heterocycles. The summed E-state index contributed by atoms with van der Waals surface area (Å²) in [5.74, 6) is -1.45. The summed E-state index contributed by atoms with van der Waals surface area (Å²) < 4.78 is 29.5. The second-order valence-corrected chi connectivity index (χ2v) is 6.58. The molecule has 1 aromatic carbocycles. The van der Waals surface area contributed by atoms with Crippen LogP contribution in [0.4, 0.5) is 8.78 Å². The smallest absolute Gasteiger partial charge is 0.273 e. The Balaban J connectivity index is 1.70. The number of hydrogen-bond donors (Lipinski definition) is 1. The molecule has 146 valence electrons. The van der Waals surface area contributed by atoms with Crippen molar-refractivity contribution in [1.82, 2.24) is 24.6 Å². The highest BCUT2D eigenvalue weighted by molar-refractivity contribution is 5.99. The van der Waals surface area contributed by atoms with Crippen LogP contribution in [0.1, 0.15) is 34.8 Å². The summed E-state index contributed by atoms with van der Waals surface area (Å²) >= 11 is 0. The van der Waals surface area contributed by atoms with Crippen LogP contribution in [0, 0.1) is 11.6 Å². The van der Waals surface area contributed by atoms with Gasteiger partial charge in [-0.25, -0.2) is 23.3 Å². The number of aliphatic hydroxyl groups excluding tert-OH is 1. The molecule has 0 aliphatic carbocycles. The van der Waals surface area contributed by atoms with Gasteiger partial charge in [0.25, 0.3) is 5.91 Å². The summed E-state index contributed by atoms with van der Waals surface area (Å²) in [6.45, 7) is 0.239. The molecule has 3 aromatic rings. The fourth-order valence-electron chi connectivity index (χ4n) is 3.68. The second-order valence-electron chi connectivity index (χ2n) is 6.58. The van der Waals surface area contributed by atoms with E-state index >= 15 is 0 Å². The predicted molar refractivity (Wildman–Crippen MR) is 96.1 cm³/mol. The molecule has 1 saturated heterocycles. The third kappa shape index (κ3) is 3.23. The van der Waals surface area contributed by atoms with Crippen molar-refractivity contribution in [3.63, 3.8) is 0 Å². The number of amides is 1. The number of aromatic nitrogens is 3. The van der Waals surface area contributed by atoms with Crippen molar-refractivity contribution in [1.29, 1.82) is 0 Å². The number of hydrogen-bond acceptors (Lipinski definition) is 5. The summed E-state index contributed by atoms with van der Waals surface area (Å²) in [7, 11) is 0. The van der Waals surface area contributed by atoms with Gasteiger partial charge in [-0.2, -0.15) is 5.10 Å². The molecule has 1 amide bonds. The summed E-state index contributed by atoms with van der Waals surface area (Å²) in [6, 6.07) is 4.52. The van der Waals surface area contributed by atoms with Crippen LogP contribution in [-0.2, 0) is 0 Å². The van der Waals surface area contributed by atoms with Gasteiger partial charge in [-0.3, -0.25) is 9.80 Å². The fraction of sp³-hybridized carbons (Fsp3) is 0.316. The van der Waals surface area contributed by atoms with Gasteiger partial charge >= 0.3 is 0 Å². The maximum atomic E-state index is 14.4. The first-order chi connectivity index (χ1) is 13.6. The highest BCUT2D eigenvalue weighted by atomic mass is 19.1. The highest BCUT2D eigenvalue weighted by Crippen LogP contribution is 2.35. The minimum Gasteiger partial charge on any atom is -0.394 e. The van der Waals surface area contributed by atoms with Crippen LogP contribution < -0.4 is 0 Å². The van der Waals surface area contributed by atoms with E-state index in [9.17, 15) is 18.7 Å². The van der Waals surface area contributed by atoms with Gasteiger partial charge < -0.3 is 5.11 Å². The van der Waals surface area contributed by atoms with Gasteiger partial charge in [0.2, 0.25) is 0 Å². The number of aliphatic hydroxyl groups is 1. The average Bonchev–Trinajstić information content (AvgIpc) is 3.34. The molecule has 1 atom stereocenters. The van der Waals surface area contributed by atoms with E-state index in [4.69, 9.17) is 0 Å². The Labute approximate surface area is 159 Å². The zero-order chi connectivity index (χ0) is 19.7. The molecule has 9 heteroatoms. The minimum absolute atomic E-state index is 0.0242. The average molecular weight is 387 g/mol. The monoisotopic (exact) mass is 387 g/mol. The van der Waals surface area contributed by atoms with Gasteiger partial charge in [-0.1, -0.05) is 0 Å². The molecule has 1 aliphatic heterocycles. The van der Waals surface area contributed by atoms with Crippen molar-refractivity contribution in [3.05, 3.63) is 65.6 Å². The maximum absolute atomic E-state index is 14.4. The third-order valence-corrected chi connectivity index (χ3v) is 4.91. The topological polar surface area (TPSA) is 74.0 Å². The van der Waals surface area contributed by atoms with Crippen LogP contribution in [0.3, 0.4) is 0 Å². The number of fused-ring (bicyclic) bond motifs is 1. The molecule has 1 aliphatic rings. The molecule has 4 rings (SSSR count). The van der Waals surface area contributed by atoms with Gasteiger partial charge in [0.05, 0.1) is 25.4 Å². The Morgan fingerprint density at radius 2 is 2.21 bits per heavy atom. The van der Waals surface area contributed by atoms with E-state index in [1.165, 1.54) is 15.7 Å². The van der Waals surface area contributed by atoms with E-state index in [0.717, 1.165) is 18.2 Å². The standard InChI is InChI=1S/C19H19F2N5O2/c20-13-4-5-16(21)14(11-13)17-3-1-8-25(17)26(9-10-27)19(28)15-12-23-24-7-2-6-22-18(15)24/h2,4-7,11-12,17,27H,1,3,8-10H2. The molecular weight excluding hydrogens is 368 g/mol. The van der Waals surface area contributed by atoms with Gasteiger partial charge in [0, 0.05) is 24.5 Å². The number of benzene rings is 1. The highest BCUT2D eigenvalue weighted by Gasteiger charge is 2.36. The summed E-state index contributed by atoms with van der Waals surface area (Å²) in [5.41, 5.74) is 0.869. The number of hydrazine groups is 1. The molecule has 1 N–H and O–H groups in total. The molecule has 0 radical (unpaired) electrons. The predicted octanol–water partition coefficient (Wildman–Crippen LogP) is 2.19. The molecule has 1 unspecified atom stereocenters. The molecule has 7 nitrogen and oxygen atoms in total. The number of rotatable bonds is 5. The van der Waals surface area contributed by atoms with E-state index in [2.05, 4.69) is 10.1 Å². The SMILES string of the molecule is O=C(c1cnn2cccnc12)N(CCO)N1CCCC1c1cc(F)ccc1F. The van der Waals surface area contributed by atoms with Crippen molar-refractivity contribution < 1.29 is 18.7 Å². The molecule has 28 heavy (non-hydrogen) atoms. The van der Waals surface area contributed by atoms with Crippen molar-refractivity contribution in [3.8, 4) is 0 Å². The lowest BCUT2D eigenvalue weighted by Crippen LogP contribution is -2.47. The molecule has 1 fully saturated rings. The van der Waals surface area contributed by atoms with E-state index in [0.29, 0.717) is 25.0 Å². The van der Waals surface area contributed by atoms with Crippen molar-refractivity contribution in [2.75, 3.05) is 19.7 Å². The van der Waals surface area contributed by atoms with Gasteiger partial charge in [0.15, 0.2) is 5.65 Å². The largest absolute Gasteiger partial charge is 0.394 e. The zero-order valence-electron chi connectivity index (χ0n) is 15.0. The lowest BCUT2D eigenvalue weighted by atomic mass is 10.0. The summed E-state index contributed by atoms with van der Waals surface area (Å²) in [4.78, 5) is 17.4. The van der Waals surface area contributed by atoms with E-state index < -0.39 is 23.6 Å². The molecular formula is C19H19F2N5O2. The number of halogens is 2. The first-order valence-electron chi connectivity index (χ1n) is 9.02. The Morgan fingerprint density at radius 1 is 1.36 bits per heavy atom. The molecule has 2 aromatic heterocycles. The van der Waals surface area contributed by atoms with E-state index in [1.807, 2.05) is 0 Å². The van der Waals surface area contributed by atoms with Crippen molar-refractivity contribution >= 4 is 11.6 Å². The Hall–Kier alpha value is -2.91. The number of carbonyl (C=O) groups is 1. The normalized spacial score (nSPS) is 17.3. The summed E-state index contributed by atoms with van der Waals surface area (Å²) in [6.07, 6.45) is 5.94. The Kier molecular flexibility index (Phi) is 5.01. The fourth-order valence-corrected chi connectivity index (χ4v) is 3.68. The van der Waals surface area contributed by atoms with Crippen LogP contribution in [0.5, 0.6) is 0 Å². The quantitative estimate of drug-likeness (QED) is 0.727. The third-order valence-electron chi connectivity index (χ3n) is 4.91. The Bertz CT molecular complexity index is 1010. The minimum atomic E-state index is -0.532. The lowest BCUT2D eigenvalue weighted by Gasteiger charge is -2.36. The van der Waals surface area contributed by atoms with Crippen LogP contribution in [-0.4, -0.2) is 55.3 Å². The van der Waals surface area contributed by atoms with Crippen LogP contribution >= 0.6 is 0 Å². The molecule has 0 spiro atoms. The van der Waals surface area contributed by atoms with Crippen LogP contribution in [0.15, 0.2) is 42.9 Å². The van der Waals surface area contributed by atoms with Crippen LogP contribution in [0.2, 0.25) is 0 Å². The molecule has 0 bridgehead atoms. The summed E-state index contributed by atoms with van der Waals surface area (Å²) in [5, 5.41) is 16.7. The van der Waals surface area contributed by atoms with Gasteiger partial charge in [-0.05, 0) is 37.1 Å². The second kappa shape index (κ2) is 7.61. The van der Waals surface area contributed by atoms with Crippen molar-refractivity contribution in [2.24, 2.45) is 0 Å².